The number of aromatic nitrogens is 1. The van der Waals surface area contributed by atoms with E-state index in [0.717, 1.165) is 72.4 Å². The zero-order valence-electron chi connectivity index (χ0n) is 36.2. The Morgan fingerprint density at radius 3 is 1.91 bits per heavy atom. The topological polar surface area (TPSA) is 34.5 Å². The van der Waals surface area contributed by atoms with Crippen molar-refractivity contribution in [2.45, 2.75) is 5.41 Å². The van der Waals surface area contributed by atoms with Crippen LogP contribution in [0.25, 0.3) is 94.0 Å². The van der Waals surface area contributed by atoms with Crippen molar-refractivity contribution >= 4 is 71.8 Å². The van der Waals surface area contributed by atoms with E-state index in [1.807, 2.05) is 12.1 Å². The summed E-state index contributed by atoms with van der Waals surface area (Å²) in [5.74, 6) is 0.814. The van der Waals surface area contributed by atoms with Gasteiger partial charge in [-0.3, -0.25) is 0 Å². The first-order valence-corrected chi connectivity index (χ1v) is 23.0. The molecule has 0 fully saturated rings. The third-order valence-corrected chi connectivity index (χ3v) is 14.6. The maximum atomic E-state index is 7.00. The van der Waals surface area contributed by atoms with Gasteiger partial charge >= 0.3 is 0 Å². The van der Waals surface area contributed by atoms with Crippen molar-refractivity contribution in [1.29, 1.82) is 0 Å². The molecular formula is C63H38N2O2. The minimum Gasteiger partial charge on any atom is -0.456 e. The molecule has 1 unspecified atom stereocenters. The number of fused-ring (bicyclic) bond motifs is 16. The average Bonchev–Trinajstić information content (AvgIpc) is 4.14. The van der Waals surface area contributed by atoms with Gasteiger partial charge in [-0.1, -0.05) is 170 Å². The molecule has 15 rings (SSSR count). The third kappa shape index (κ3) is 4.86. The summed E-state index contributed by atoms with van der Waals surface area (Å²) < 4.78 is 15.8. The van der Waals surface area contributed by atoms with Crippen LogP contribution in [0.3, 0.4) is 0 Å². The van der Waals surface area contributed by atoms with Gasteiger partial charge in [-0.15, -0.1) is 0 Å². The molecule has 0 radical (unpaired) electrons. The highest BCUT2D eigenvalue weighted by Gasteiger charge is 2.52. The SMILES string of the molecule is c1ccc(-c2oc3ccccc3c2N(c2cccc(-c3ccc4oc5ccccc5c4c3)c2)c2cccc3c2-c2ccccc2C32c3ccccc3-n3c4ccccc4c4cccc2c43)cc1. The Balaban J connectivity index is 1.05. The van der Waals surface area contributed by atoms with Crippen LogP contribution >= 0.6 is 0 Å². The summed E-state index contributed by atoms with van der Waals surface area (Å²) >= 11 is 0. The number of rotatable bonds is 5. The minimum absolute atomic E-state index is 0.612. The molecule has 1 aliphatic heterocycles. The molecule has 0 bridgehead atoms. The zero-order valence-corrected chi connectivity index (χ0v) is 36.2. The molecule has 1 spiro atoms. The molecule has 2 aliphatic rings. The maximum absolute atomic E-state index is 7.00. The average molecular weight is 855 g/mol. The summed E-state index contributed by atoms with van der Waals surface area (Å²) in [5.41, 5.74) is 19.5. The molecule has 0 amide bonds. The smallest absolute Gasteiger partial charge is 0.159 e. The van der Waals surface area contributed by atoms with Crippen LogP contribution in [0.15, 0.2) is 239 Å². The number of para-hydroxylation sites is 5. The van der Waals surface area contributed by atoms with Gasteiger partial charge in [-0.25, -0.2) is 0 Å². The Hall–Kier alpha value is -8.86. The van der Waals surface area contributed by atoms with Gasteiger partial charge in [0.1, 0.15) is 22.4 Å². The van der Waals surface area contributed by atoms with Gasteiger partial charge in [0.05, 0.1) is 27.8 Å². The van der Waals surface area contributed by atoms with E-state index in [4.69, 9.17) is 8.83 Å². The summed E-state index contributed by atoms with van der Waals surface area (Å²) in [7, 11) is 0. The lowest BCUT2D eigenvalue weighted by atomic mass is 9.65. The highest BCUT2D eigenvalue weighted by Crippen LogP contribution is 2.64. The van der Waals surface area contributed by atoms with Gasteiger partial charge in [0.2, 0.25) is 0 Å². The van der Waals surface area contributed by atoms with Gasteiger partial charge in [0.15, 0.2) is 5.76 Å². The van der Waals surface area contributed by atoms with Crippen molar-refractivity contribution in [2.75, 3.05) is 4.90 Å². The first kappa shape index (κ1) is 36.5. The molecule has 312 valence electrons. The van der Waals surface area contributed by atoms with Crippen LogP contribution in [0.4, 0.5) is 17.1 Å². The fourth-order valence-corrected chi connectivity index (χ4v) is 11.9. The van der Waals surface area contributed by atoms with Crippen molar-refractivity contribution < 1.29 is 8.83 Å². The van der Waals surface area contributed by atoms with Gasteiger partial charge in [-0.05, 0) is 99.6 Å². The van der Waals surface area contributed by atoms with Crippen molar-refractivity contribution in [3.05, 3.63) is 253 Å². The van der Waals surface area contributed by atoms with Gasteiger partial charge in [0.25, 0.3) is 0 Å². The molecule has 13 aromatic rings. The highest BCUT2D eigenvalue weighted by atomic mass is 16.3. The summed E-state index contributed by atoms with van der Waals surface area (Å²) in [6.07, 6.45) is 0. The maximum Gasteiger partial charge on any atom is 0.159 e. The molecule has 67 heavy (non-hydrogen) atoms. The second-order valence-electron chi connectivity index (χ2n) is 17.9. The van der Waals surface area contributed by atoms with E-state index < -0.39 is 5.41 Å². The molecule has 4 heteroatoms. The summed E-state index contributed by atoms with van der Waals surface area (Å²) in [4.78, 5) is 2.48. The molecule has 0 saturated heterocycles. The Bertz CT molecular complexity index is 4190. The lowest BCUT2D eigenvalue weighted by molar-refractivity contribution is 0.632. The Labute approximate surface area is 385 Å². The molecule has 10 aromatic carbocycles. The van der Waals surface area contributed by atoms with E-state index in [1.54, 1.807) is 0 Å². The fourth-order valence-electron chi connectivity index (χ4n) is 11.9. The Morgan fingerprint density at radius 1 is 0.388 bits per heavy atom. The van der Waals surface area contributed by atoms with Crippen LogP contribution in [0.2, 0.25) is 0 Å². The molecule has 3 aromatic heterocycles. The minimum atomic E-state index is -0.612. The molecule has 0 saturated carbocycles. The van der Waals surface area contributed by atoms with E-state index >= 15 is 0 Å². The normalized spacial score (nSPS) is 14.6. The van der Waals surface area contributed by atoms with Crippen LogP contribution in [-0.4, -0.2) is 4.57 Å². The molecule has 1 aliphatic carbocycles. The molecule has 4 heterocycles. The molecule has 0 N–H and O–H groups in total. The summed E-state index contributed by atoms with van der Waals surface area (Å²) in [6.45, 7) is 0. The number of anilines is 3. The number of benzene rings is 10. The van der Waals surface area contributed by atoms with Crippen LogP contribution in [0, 0.1) is 0 Å². The third-order valence-electron chi connectivity index (χ3n) is 14.6. The largest absolute Gasteiger partial charge is 0.456 e. The van der Waals surface area contributed by atoms with E-state index in [2.05, 4.69) is 228 Å². The van der Waals surface area contributed by atoms with Crippen molar-refractivity contribution in [3.8, 4) is 39.3 Å². The van der Waals surface area contributed by atoms with Gasteiger partial charge in [0, 0.05) is 43.7 Å². The predicted molar refractivity (Wildman–Crippen MR) is 274 cm³/mol. The fraction of sp³-hybridized carbons (Fsp3) is 0.0159. The lowest BCUT2D eigenvalue weighted by Gasteiger charge is -2.39. The first-order chi connectivity index (χ1) is 33.3. The second kappa shape index (κ2) is 13.6. The monoisotopic (exact) mass is 854 g/mol. The van der Waals surface area contributed by atoms with Crippen molar-refractivity contribution in [1.82, 2.24) is 4.57 Å². The zero-order chi connectivity index (χ0) is 43.8. The van der Waals surface area contributed by atoms with Gasteiger partial charge in [-0.2, -0.15) is 0 Å². The summed E-state index contributed by atoms with van der Waals surface area (Å²) in [5, 5.41) is 5.78. The van der Waals surface area contributed by atoms with E-state index in [9.17, 15) is 0 Å². The van der Waals surface area contributed by atoms with E-state index in [1.165, 1.54) is 60.9 Å². The number of hydrogen-bond acceptors (Lipinski definition) is 3. The number of nitrogens with zero attached hydrogens (tertiary/aromatic N) is 2. The quantitative estimate of drug-likeness (QED) is 0.173. The van der Waals surface area contributed by atoms with Crippen LogP contribution in [-0.2, 0) is 5.41 Å². The summed E-state index contributed by atoms with van der Waals surface area (Å²) in [6, 6.07) is 83.8. The number of hydrogen-bond donors (Lipinski definition) is 0. The van der Waals surface area contributed by atoms with Crippen LogP contribution in [0.1, 0.15) is 22.3 Å². The lowest BCUT2D eigenvalue weighted by Crippen LogP contribution is -2.33. The van der Waals surface area contributed by atoms with E-state index in [0.29, 0.717) is 0 Å². The van der Waals surface area contributed by atoms with Gasteiger partial charge < -0.3 is 18.3 Å². The van der Waals surface area contributed by atoms with Crippen LogP contribution in [0.5, 0.6) is 0 Å². The predicted octanol–water partition coefficient (Wildman–Crippen LogP) is 16.9. The molecule has 1 atom stereocenters. The van der Waals surface area contributed by atoms with Crippen molar-refractivity contribution in [3.63, 3.8) is 0 Å². The van der Waals surface area contributed by atoms with Crippen LogP contribution < -0.4 is 4.90 Å². The number of furan rings is 2. The highest BCUT2D eigenvalue weighted by molar-refractivity contribution is 6.14. The Morgan fingerprint density at radius 2 is 1.01 bits per heavy atom. The molecular weight excluding hydrogens is 817 g/mol. The van der Waals surface area contributed by atoms with Crippen molar-refractivity contribution in [2.24, 2.45) is 0 Å². The first-order valence-electron chi connectivity index (χ1n) is 23.0. The van der Waals surface area contributed by atoms with E-state index in [-0.39, 0.29) is 0 Å². The Kier molecular flexibility index (Phi) is 7.40. The standard InChI is InChI=1S/C63H38N2O2/c1-2-17-39(18-3-1)62-61(47-24-7-13-34-57(47)67-62)64(42-20-14-19-40(37-42)41-35-36-58-48(38-41)44-22-6-12-33-56(44)66-58)55-32-16-28-51-59(55)46-23-4-8-26-49(46)63(51)50-27-9-11-31-54(50)65-53-30-10-5-21-43(53)45-25-15-29-52(63)60(45)65/h1-38H. The molecule has 4 nitrogen and oxygen atoms in total. The second-order valence-corrected chi connectivity index (χ2v) is 17.9.